The summed E-state index contributed by atoms with van der Waals surface area (Å²) in [5.41, 5.74) is 0.297. The molecule has 4 heteroatoms. The first-order chi connectivity index (χ1) is 8.13. The van der Waals surface area contributed by atoms with Crippen molar-refractivity contribution >= 4 is 5.97 Å². The van der Waals surface area contributed by atoms with Gasteiger partial charge in [-0.05, 0) is 37.0 Å². The van der Waals surface area contributed by atoms with Gasteiger partial charge in [-0.1, -0.05) is 12.1 Å². The zero-order chi connectivity index (χ0) is 12.3. The highest BCUT2D eigenvalue weighted by Crippen LogP contribution is 2.39. The third-order valence-electron chi connectivity index (χ3n) is 3.18. The van der Waals surface area contributed by atoms with Crippen molar-refractivity contribution in [3.63, 3.8) is 0 Å². The Balaban J connectivity index is 2.04. The summed E-state index contributed by atoms with van der Waals surface area (Å²) in [5, 5.41) is 17.8. The van der Waals surface area contributed by atoms with Crippen molar-refractivity contribution in [3.05, 3.63) is 29.8 Å². The quantitative estimate of drug-likeness (QED) is 0.820. The molecule has 1 aliphatic carbocycles. The molecule has 0 atom stereocenters. The molecule has 92 valence electrons. The van der Waals surface area contributed by atoms with Crippen LogP contribution in [0.15, 0.2) is 24.3 Å². The van der Waals surface area contributed by atoms with E-state index >= 15 is 0 Å². The summed E-state index contributed by atoms with van der Waals surface area (Å²) in [6, 6.07) is 7.10. The van der Waals surface area contributed by atoms with Crippen LogP contribution < -0.4 is 4.74 Å². The van der Waals surface area contributed by atoms with Crippen LogP contribution in [0.5, 0.6) is 5.75 Å². The second-order valence-electron chi connectivity index (χ2n) is 4.51. The average Bonchev–Trinajstić information content (AvgIpc) is 2.26. The summed E-state index contributed by atoms with van der Waals surface area (Å²) in [6.07, 6.45) is 2.65. The molecule has 17 heavy (non-hydrogen) atoms. The zero-order valence-corrected chi connectivity index (χ0v) is 9.56. The van der Waals surface area contributed by atoms with Crippen LogP contribution in [0.2, 0.25) is 0 Å². The van der Waals surface area contributed by atoms with Gasteiger partial charge in [0.2, 0.25) is 0 Å². The van der Waals surface area contributed by atoms with Gasteiger partial charge in [-0.25, -0.2) is 0 Å². The van der Waals surface area contributed by atoms with Crippen LogP contribution in [0, 0.1) is 0 Å². The van der Waals surface area contributed by atoms with Crippen LogP contribution in [0.1, 0.15) is 31.2 Å². The first-order valence-corrected chi connectivity index (χ1v) is 5.74. The normalized spacial score (nSPS) is 17.2. The van der Waals surface area contributed by atoms with E-state index in [1.165, 1.54) is 0 Å². The van der Waals surface area contributed by atoms with Gasteiger partial charge in [0.05, 0.1) is 13.0 Å². The predicted molar refractivity (Wildman–Crippen MR) is 61.8 cm³/mol. The third-order valence-corrected chi connectivity index (χ3v) is 3.18. The molecule has 1 aromatic carbocycles. The van der Waals surface area contributed by atoms with Gasteiger partial charge in [0.15, 0.2) is 0 Å². The fourth-order valence-electron chi connectivity index (χ4n) is 2.07. The molecule has 0 bridgehead atoms. The van der Waals surface area contributed by atoms with E-state index in [9.17, 15) is 4.79 Å². The van der Waals surface area contributed by atoms with E-state index < -0.39 is 11.6 Å². The highest BCUT2D eigenvalue weighted by Gasteiger charge is 2.41. The lowest BCUT2D eigenvalue weighted by molar-refractivity contribution is -0.144. The van der Waals surface area contributed by atoms with Crippen molar-refractivity contribution < 1.29 is 19.7 Å². The molecule has 0 amide bonds. The van der Waals surface area contributed by atoms with Gasteiger partial charge in [0.25, 0.3) is 0 Å². The third kappa shape index (κ3) is 2.77. The highest BCUT2D eigenvalue weighted by molar-refractivity contribution is 5.68. The molecule has 2 rings (SSSR count). The molecule has 0 aliphatic heterocycles. The van der Waals surface area contributed by atoms with Gasteiger partial charge in [-0.15, -0.1) is 0 Å². The maximum Gasteiger partial charge on any atom is 0.307 e. The lowest BCUT2D eigenvalue weighted by atomic mass is 9.77. The monoisotopic (exact) mass is 236 g/mol. The Labute approximate surface area is 99.8 Å². The van der Waals surface area contributed by atoms with Gasteiger partial charge in [0.1, 0.15) is 11.4 Å². The lowest BCUT2D eigenvalue weighted by Gasteiger charge is -2.40. The van der Waals surface area contributed by atoms with E-state index in [-0.39, 0.29) is 13.0 Å². The minimum atomic E-state index is -0.823. The van der Waals surface area contributed by atoms with E-state index in [1.54, 1.807) is 24.3 Å². The number of aliphatic hydroxyl groups is 1. The maximum absolute atomic E-state index is 10.8. The Hall–Kier alpha value is -1.55. The van der Waals surface area contributed by atoms with Gasteiger partial charge in [-0.3, -0.25) is 4.79 Å². The molecule has 2 N–H and O–H groups in total. The van der Waals surface area contributed by atoms with Crippen molar-refractivity contribution in [1.82, 2.24) is 0 Å². The molecule has 4 nitrogen and oxygen atoms in total. The summed E-state index contributed by atoms with van der Waals surface area (Å²) < 4.78 is 5.79. The van der Waals surface area contributed by atoms with Crippen molar-refractivity contribution in [2.45, 2.75) is 37.9 Å². The van der Waals surface area contributed by atoms with Crippen molar-refractivity contribution in [2.75, 3.05) is 0 Å². The summed E-state index contributed by atoms with van der Waals surface area (Å²) in [7, 11) is 0. The van der Waals surface area contributed by atoms with Crippen molar-refractivity contribution in [3.8, 4) is 5.75 Å². The van der Waals surface area contributed by atoms with Gasteiger partial charge < -0.3 is 14.9 Å². The topological polar surface area (TPSA) is 66.8 Å². The smallest absolute Gasteiger partial charge is 0.307 e. The number of rotatable bonds is 5. The van der Waals surface area contributed by atoms with Gasteiger partial charge >= 0.3 is 5.97 Å². The molecule has 0 aromatic heterocycles. The number of carboxylic acids is 1. The number of aliphatic hydroxyl groups excluding tert-OH is 1. The van der Waals surface area contributed by atoms with E-state index in [2.05, 4.69) is 0 Å². The van der Waals surface area contributed by atoms with Crippen LogP contribution in [0.4, 0.5) is 0 Å². The maximum atomic E-state index is 10.8. The second kappa shape index (κ2) is 4.75. The van der Waals surface area contributed by atoms with Crippen molar-refractivity contribution in [2.24, 2.45) is 0 Å². The van der Waals surface area contributed by atoms with E-state index in [4.69, 9.17) is 14.9 Å². The standard InChI is InChI=1S/C13H16O4/c14-9-10-2-4-11(5-3-10)17-13(6-1-7-13)8-12(15)16/h2-5,14H,1,6-9H2,(H,15,16). The molecular formula is C13H16O4. The number of carbonyl (C=O) groups is 1. The van der Waals surface area contributed by atoms with E-state index in [0.29, 0.717) is 5.75 Å². The van der Waals surface area contributed by atoms with E-state index in [0.717, 1.165) is 24.8 Å². The number of hydrogen-bond acceptors (Lipinski definition) is 3. The number of carboxylic acid groups (broad SMARTS) is 1. The largest absolute Gasteiger partial charge is 0.487 e. The van der Waals surface area contributed by atoms with Gasteiger partial charge in [-0.2, -0.15) is 0 Å². The summed E-state index contributed by atoms with van der Waals surface area (Å²) in [4.78, 5) is 10.8. The Bertz CT molecular complexity index is 392. The Morgan fingerprint density at radius 3 is 2.35 bits per heavy atom. The Morgan fingerprint density at radius 1 is 1.29 bits per heavy atom. The highest BCUT2D eigenvalue weighted by atomic mass is 16.5. The van der Waals surface area contributed by atoms with E-state index in [1.807, 2.05) is 0 Å². The summed E-state index contributed by atoms with van der Waals surface area (Å²) in [6.45, 7) is 0.000544. The zero-order valence-electron chi connectivity index (χ0n) is 9.56. The molecule has 0 saturated heterocycles. The first kappa shape index (κ1) is 11.9. The minimum Gasteiger partial charge on any atom is -0.487 e. The summed E-state index contributed by atoms with van der Waals surface area (Å²) in [5.74, 6) is -0.153. The van der Waals surface area contributed by atoms with Crippen LogP contribution in [0.25, 0.3) is 0 Å². The molecule has 0 unspecified atom stereocenters. The fraction of sp³-hybridized carbons (Fsp3) is 0.462. The SMILES string of the molecule is O=C(O)CC1(Oc2ccc(CO)cc2)CCC1. The van der Waals surface area contributed by atoms with Gasteiger partial charge in [0, 0.05) is 0 Å². The van der Waals surface area contributed by atoms with Crippen LogP contribution >= 0.6 is 0 Å². The number of hydrogen-bond donors (Lipinski definition) is 2. The first-order valence-electron chi connectivity index (χ1n) is 5.74. The second-order valence-corrected chi connectivity index (χ2v) is 4.51. The molecule has 0 heterocycles. The number of benzene rings is 1. The molecule has 1 aromatic rings. The number of ether oxygens (including phenoxy) is 1. The fourth-order valence-corrected chi connectivity index (χ4v) is 2.07. The van der Waals surface area contributed by atoms with Crippen LogP contribution in [0.3, 0.4) is 0 Å². The molecule has 0 radical (unpaired) electrons. The molecular weight excluding hydrogens is 220 g/mol. The Kier molecular flexibility index (Phi) is 3.33. The van der Waals surface area contributed by atoms with Crippen molar-refractivity contribution in [1.29, 1.82) is 0 Å². The number of aliphatic carboxylic acids is 1. The van der Waals surface area contributed by atoms with Crippen LogP contribution in [-0.4, -0.2) is 21.8 Å². The summed E-state index contributed by atoms with van der Waals surface area (Å²) >= 11 is 0. The average molecular weight is 236 g/mol. The molecule has 1 fully saturated rings. The molecule has 0 spiro atoms. The lowest BCUT2D eigenvalue weighted by Crippen LogP contribution is -2.45. The Morgan fingerprint density at radius 2 is 1.94 bits per heavy atom. The predicted octanol–water partition coefficient (Wildman–Crippen LogP) is 1.96. The van der Waals surface area contributed by atoms with Crippen LogP contribution in [-0.2, 0) is 11.4 Å². The molecule has 1 saturated carbocycles. The molecule has 1 aliphatic rings. The minimum absolute atomic E-state index is 0.000544.